The zero-order chi connectivity index (χ0) is 29.3. The van der Waals surface area contributed by atoms with Crippen LogP contribution in [0.3, 0.4) is 0 Å². The molecular weight excluding hydrogens is 570 g/mol. The number of aromatic nitrogens is 4. The van der Waals surface area contributed by atoms with Crippen molar-refractivity contribution in [2.24, 2.45) is 11.1 Å². The Morgan fingerprint density at radius 2 is 1.88 bits per heavy atom. The van der Waals surface area contributed by atoms with E-state index in [1.54, 1.807) is 0 Å². The van der Waals surface area contributed by atoms with E-state index in [0.717, 1.165) is 4.68 Å². The number of benzene rings is 1. The van der Waals surface area contributed by atoms with Crippen LogP contribution < -0.4 is 10.5 Å². The maximum Gasteiger partial charge on any atom is 0.416 e. The maximum atomic E-state index is 13.4. The standard InChI is InChI=1S/C23H22F6N6O4S/c24-22(25,26)15-2-4-18(23(27,28)29)14(8-15)10-35-6-5-19(34-35)20(36)17-9-31-12-32-21(17)33-16-3-1-13(7-16)11-39-40(30,37)38/h2,4-6,8-9,12-13,16H,1,3,7,10-11H2,(H2,30,37,38)(H,31,32,33). The molecule has 0 amide bonds. The lowest BCUT2D eigenvalue weighted by Gasteiger charge is -2.16. The fourth-order valence-electron chi connectivity index (χ4n) is 4.41. The highest BCUT2D eigenvalue weighted by molar-refractivity contribution is 7.84. The van der Waals surface area contributed by atoms with Crippen molar-refractivity contribution >= 4 is 21.9 Å². The monoisotopic (exact) mass is 592 g/mol. The number of nitrogens with two attached hydrogens (primary N) is 1. The number of nitrogens with zero attached hydrogens (tertiary/aromatic N) is 4. The van der Waals surface area contributed by atoms with Crippen molar-refractivity contribution in [2.75, 3.05) is 11.9 Å². The van der Waals surface area contributed by atoms with Crippen molar-refractivity contribution in [2.45, 2.75) is 44.2 Å². The summed E-state index contributed by atoms with van der Waals surface area (Å²) < 4.78 is 107. The van der Waals surface area contributed by atoms with Gasteiger partial charge in [-0.2, -0.15) is 39.9 Å². The van der Waals surface area contributed by atoms with Crippen molar-refractivity contribution in [3.05, 3.63) is 70.9 Å². The zero-order valence-electron chi connectivity index (χ0n) is 20.4. The molecule has 10 nitrogen and oxygen atoms in total. The molecule has 2 atom stereocenters. The van der Waals surface area contributed by atoms with Crippen molar-refractivity contribution in [3.8, 4) is 0 Å². The summed E-state index contributed by atoms with van der Waals surface area (Å²) in [6, 6.07) is 2.16. The van der Waals surface area contributed by atoms with Gasteiger partial charge in [-0.3, -0.25) is 13.7 Å². The number of alkyl halides is 6. The van der Waals surface area contributed by atoms with Crippen LogP contribution in [0.25, 0.3) is 0 Å². The number of nitrogens with one attached hydrogen (secondary N) is 1. The predicted octanol–water partition coefficient (Wildman–Crippen LogP) is 3.79. The minimum atomic E-state index is -4.91. The van der Waals surface area contributed by atoms with Gasteiger partial charge < -0.3 is 5.32 Å². The van der Waals surface area contributed by atoms with E-state index in [2.05, 4.69) is 24.6 Å². The molecule has 40 heavy (non-hydrogen) atoms. The second-order valence-electron chi connectivity index (χ2n) is 9.18. The van der Waals surface area contributed by atoms with E-state index in [1.165, 1.54) is 24.8 Å². The maximum absolute atomic E-state index is 13.4. The van der Waals surface area contributed by atoms with Crippen LogP contribution in [0.1, 0.15) is 52.0 Å². The molecule has 0 saturated heterocycles. The highest BCUT2D eigenvalue weighted by Gasteiger charge is 2.37. The summed E-state index contributed by atoms with van der Waals surface area (Å²) in [6.07, 6.45) is -4.42. The lowest BCUT2D eigenvalue weighted by atomic mass is 10.0. The first kappa shape index (κ1) is 29.4. The van der Waals surface area contributed by atoms with Gasteiger partial charge in [-0.05, 0) is 55.0 Å². The number of anilines is 1. The van der Waals surface area contributed by atoms with Crippen LogP contribution >= 0.6 is 0 Å². The third kappa shape index (κ3) is 7.33. The van der Waals surface area contributed by atoms with Gasteiger partial charge in [0.25, 0.3) is 0 Å². The Morgan fingerprint density at radius 3 is 2.55 bits per heavy atom. The number of rotatable bonds is 9. The van der Waals surface area contributed by atoms with Crippen molar-refractivity contribution < 1.29 is 43.7 Å². The van der Waals surface area contributed by atoms with Crippen LogP contribution in [0.4, 0.5) is 32.2 Å². The Balaban J connectivity index is 1.50. The summed E-state index contributed by atoms with van der Waals surface area (Å²) in [4.78, 5) is 21.1. The first-order valence-electron chi connectivity index (χ1n) is 11.7. The Labute approximate surface area is 223 Å². The van der Waals surface area contributed by atoms with Crippen LogP contribution in [-0.4, -0.2) is 46.6 Å². The number of halogens is 6. The Bertz CT molecular complexity index is 1490. The molecule has 1 saturated carbocycles. The van der Waals surface area contributed by atoms with Gasteiger partial charge >= 0.3 is 22.7 Å². The molecule has 0 bridgehead atoms. The number of carbonyl (C=O) groups excluding carboxylic acids is 1. The third-order valence-electron chi connectivity index (χ3n) is 6.25. The predicted molar refractivity (Wildman–Crippen MR) is 127 cm³/mol. The highest BCUT2D eigenvalue weighted by atomic mass is 32.2. The van der Waals surface area contributed by atoms with Crippen molar-refractivity contribution in [3.63, 3.8) is 0 Å². The van der Waals surface area contributed by atoms with Crippen LogP contribution in [-0.2, 0) is 33.4 Å². The summed E-state index contributed by atoms with van der Waals surface area (Å²) in [5.41, 5.74) is -3.36. The molecule has 2 heterocycles. The van der Waals surface area contributed by atoms with Gasteiger partial charge in [0, 0.05) is 18.4 Å². The smallest absolute Gasteiger partial charge is 0.367 e. The van der Waals surface area contributed by atoms with Gasteiger partial charge in [0.1, 0.15) is 17.8 Å². The molecule has 1 aliphatic rings. The first-order valence-corrected chi connectivity index (χ1v) is 13.2. The quantitative estimate of drug-likeness (QED) is 0.282. The number of ketones is 1. The van der Waals surface area contributed by atoms with E-state index in [-0.39, 0.29) is 35.6 Å². The molecular formula is C23H22F6N6O4S. The van der Waals surface area contributed by atoms with Gasteiger partial charge in [0.15, 0.2) is 0 Å². The average Bonchev–Trinajstić information content (AvgIpc) is 3.50. The minimum absolute atomic E-state index is 0.00651. The van der Waals surface area contributed by atoms with Crippen LogP contribution in [0, 0.1) is 5.92 Å². The first-order chi connectivity index (χ1) is 18.6. The van der Waals surface area contributed by atoms with Gasteiger partial charge in [0.05, 0.1) is 29.8 Å². The summed E-state index contributed by atoms with van der Waals surface area (Å²) in [5, 5.41) is 11.9. The zero-order valence-corrected chi connectivity index (χ0v) is 21.2. The van der Waals surface area contributed by atoms with Gasteiger partial charge in [0.2, 0.25) is 5.78 Å². The normalized spacial score (nSPS) is 18.2. The van der Waals surface area contributed by atoms with E-state index in [1.807, 2.05) is 0 Å². The lowest BCUT2D eigenvalue weighted by molar-refractivity contribution is -0.141. The summed E-state index contributed by atoms with van der Waals surface area (Å²) in [5.74, 6) is -0.621. The van der Waals surface area contributed by atoms with E-state index < -0.39 is 51.7 Å². The Morgan fingerprint density at radius 1 is 1.12 bits per heavy atom. The van der Waals surface area contributed by atoms with Crippen molar-refractivity contribution in [1.82, 2.24) is 19.7 Å². The molecule has 1 aromatic carbocycles. The van der Waals surface area contributed by atoms with Gasteiger partial charge in [-0.25, -0.2) is 15.1 Å². The molecule has 216 valence electrons. The van der Waals surface area contributed by atoms with Crippen LogP contribution in [0.2, 0.25) is 0 Å². The lowest BCUT2D eigenvalue weighted by Crippen LogP contribution is -2.22. The summed E-state index contributed by atoms with van der Waals surface area (Å²) >= 11 is 0. The molecule has 1 aliphatic carbocycles. The molecule has 2 unspecified atom stereocenters. The average molecular weight is 593 g/mol. The number of hydrogen-bond donors (Lipinski definition) is 2. The molecule has 0 aliphatic heterocycles. The fraction of sp³-hybridized carbons (Fsp3) is 0.391. The molecule has 17 heteroatoms. The SMILES string of the molecule is NS(=O)(=O)OCC1CCC(Nc2ncncc2C(=O)c2ccn(Cc3cc(C(F)(F)F)ccc3C(F)(F)F)n2)C1. The van der Waals surface area contributed by atoms with Crippen LogP contribution in [0.15, 0.2) is 43.0 Å². The fourth-order valence-corrected chi connectivity index (χ4v) is 4.80. The molecule has 0 spiro atoms. The second kappa shape index (κ2) is 11.1. The van der Waals surface area contributed by atoms with Gasteiger partial charge in [-0.1, -0.05) is 0 Å². The molecule has 3 aromatic rings. The minimum Gasteiger partial charge on any atom is -0.367 e. The second-order valence-corrected chi connectivity index (χ2v) is 10.4. The highest BCUT2D eigenvalue weighted by Crippen LogP contribution is 2.37. The topological polar surface area (TPSA) is 142 Å². The molecule has 1 fully saturated rings. The van der Waals surface area contributed by atoms with Crippen molar-refractivity contribution in [1.29, 1.82) is 0 Å². The van der Waals surface area contributed by atoms with E-state index in [4.69, 9.17) is 5.14 Å². The van der Waals surface area contributed by atoms with E-state index in [0.29, 0.717) is 37.5 Å². The molecule has 4 rings (SSSR count). The molecule has 0 radical (unpaired) electrons. The summed E-state index contributed by atoms with van der Waals surface area (Å²) in [6.45, 7) is -0.765. The largest absolute Gasteiger partial charge is 0.416 e. The van der Waals surface area contributed by atoms with Crippen LogP contribution in [0.5, 0.6) is 0 Å². The van der Waals surface area contributed by atoms with E-state index >= 15 is 0 Å². The van der Waals surface area contributed by atoms with Gasteiger partial charge in [-0.15, -0.1) is 0 Å². The molecule has 2 aromatic heterocycles. The Hall–Kier alpha value is -3.57. The third-order valence-corrected chi connectivity index (χ3v) is 6.72. The molecule has 3 N–H and O–H groups in total. The Kier molecular flexibility index (Phi) is 8.18. The van der Waals surface area contributed by atoms with E-state index in [9.17, 15) is 39.6 Å². The number of carbonyl (C=O) groups is 1. The number of hydrogen-bond acceptors (Lipinski definition) is 8. The summed E-state index contributed by atoms with van der Waals surface area (Å²) in [7, 11) is -4.07.